The lowest BCUT2D eigenvalue weighted by molar-refractivity contribution is -0.107. The van der Waals surface area contributed by atoms with Gasteiger partial charge in [0.1, 0.15) is 4.38 Å². The van der Waals surface area contributed by atoms with Gasteiger partial charge >= 0.3 is 0 Å². The van der Waals surface area contributed by atoms with E-state index in [4.69, 9.17) is 10.8 Å². The van der Waals surface area contributed by atoms with Gasteiger partial charge in [-0.15, -0.1) is 11.8 Å². The number of amides is 1. The van der Waals surface area contributed by atoms with Crippen LogP contribution in [-0.4, -0.2) is 23.1 Å². The molecule has 0 spiro atoms. The van der Waals surface area contributed by atoms with Crippen LogP contribution in [0.25, 0.3) is 0 Å². The molecule has 1 amide bonds. The van der Waals surface area contributed by atoms with Crippen molar-refractivity contribution in [3.63, 3.8) is 0 Å². The standard InChI is InChI=1S/C20H25N3OS2/c1-3-25-20(22-13-12-17-9-5-4-6-10-17)26-14-18-16(2)8-7-11-19(18)23(21)15-24/h4-11,15H,3,12-14,21H2,1-2H3. The molecule has 2 rings (SSSR count). The van der Waals surface area contributed by atoms with E-state index in [0.29, 0.717) is 6.41 Å². The maximum atomic E-state index is 11.1. The predicted octanol–water partition coefficient (Wildman–Crippen LogP) is 4.42. The largest absolute Gasteiger partial charge is 0.277 e. The van der Waals surface area contributed by atoms with Gasteiger partial charge in [-0.25, -0.2) is 5.84 Å². The number of hydrogen-bond donors (Lipinski definition) is 1. The average molecular weight is 388 g/mol. The Morgan fingerprint density at radius 2 is 1.92 bits per heavy atom. The normalized spacial score (nSPS) is 11.4. The summed E-state index contributed by atoms with van der Waals surface area (Å²) in [7, 11) is 0. The monoisotopic (exact) mass is 387 g/mol. The topological polar surface area (TPSA) is 58.7 Å². The van der Waals surface area contributed by atoms with Gasteiger partial charge in [0, 0.05) is 12.3 Å². The molecule has 0 radical (unpaired) electrons. The van der Waals surface area contributed by atoms with Crippen LogP contribution >= 0.6 is 23.5 Å². The second-order valence-electron chi connectivity index (χ2n) is 5.69. The molecule has 0 bridgehead atoms. The molecule has 0 atom stereocenters. The van der Waals surface area contributed by atoms with E-state index in [1.165, 1.54) is 5.56 Å². The third-order valence-electron chi connectivity index (χ3n) is 3.87. The summed E-state index contributed by atoms with van der Waals surface area (Å²) >= 11 is 3.46. The first-order chi connectivity index (χ1) is 12.7. The fourth-order valence-corrected chi connectivity index (χ4v) is 4.60. The molecule has 2 aromatic rings. The fraction of sp³-hybridized carbons (Fsp3) is 0.300. The smallest absolute Gasteiger partial charge is 0.228 e. The highest BCUT2D eigenvalue weighted by Gasteiger charge is 2.11. The van der Waals surface area contributed by atoms with Crippen LogP contribution in [0.15, 0.2) is 53.5 Å². The molecule has 2 aromatic carbocycles. The molecule has 0 unspecified atom stereocenters. The van der Waals surface area contributed by atoms with E-state index in [1.807, 2.05) is 31.2 Å². The lowest BCUT2D eigenvalue weighted by atomic mass is 10.1. The van der Waals surface area contributed by atoms with Crippen molar-refractivity contribution in [2.75, 3.05) is 17.3 Å². The van der Waals surface area contributed by atoms with E-state index in [1.54, 1.807) is 23.5 Å². The SMILES string of the molecule is CCSC(=NCCc1ccccc1)SCc1c(C)cccc1N(N)C=O. The lowest BCUT2D eigenvalue weighted by Crippen LogP contribution is -2.29. The molecule has 0 fully saturated rings. The number of aryl methyl sites for hydroxylation is 1. The van der Waals surface area contributed by atoms with Gasteiger partial charge in [0.15, 0.2) is 0 Å². The minimum Gasteiger partial charge on any atom is -0.277 e. The Morgan fingerprint density at radius 3 is 2.62 bits per heavy atom. The number of anilines is 1. The van der Waals surface area contributed by atoms with Gasteiger partial charge in [-0.3, -0.25) is 14.8 Å². The Hall–Kier alpha value is -1.76. The van der Waals surface area contributed by atoms with Crippen LogP contribution in [0.3, 0.4) is 0 Å². The van der Waals surface area contributed by atoms with Crippen LogP contribution in [0, 0.1) is 6.92 Å². The van der Waals surface area contributed by atoms with Crippen molar-refractivity contribution in [1.82, 2.24) is 0 Å². The van der Waals surface area contributed by atoms with E-state index in [0.717, 1.165) is 50.7 Å². The molecule has 0 aliphatic heterocycles. The molecule has 0 aliphatic carbocycles. The number of hydrogen-bond acceptors (Lipinski definition) is 5. The van der Waals surface area contributed by atoms with Crippen molar-refractivity contribution in [3.8, 4) is 0 Å². The molecule has 0 saturated heterocycles. The van der Waals surface area contributed by atoms with Crippen molar-refractivity contribution < 1.29 is 4.79 Å². The molecule has 0 heterocycles. The summed E-state index contributed by atoms with van der Waals surface area (Å²) in [5.41, 5.74) is 4.24. The van der Waals surface area contributed by atoms with Gasteiger partial charge < -0.3 is 0 Å². The predicted molar refractivity (Wildman–Crippen MR) is 116 cm³/mol. The van der Waals surface area contributed by atoms with Crippen LogP contribution in [0.5, 0.6) is 0 Å². The number of benzene rings is 2. The summed E-state index contributed by atoms with van der Waals surface area (Å²) in [4.78, 5) is 15.8. The third-order valence-corrected chi connectivity index (χ3v) is 6.05. The Kier molecular flexibility index (Phi) is 8.74. The Balaban J connectivity index is 2.04. The number of nitrogens with zero attached hydrogens (tertiary/aromatic N) is 2. The van der Waals surface area contributed by atoms with Gasteiger partial charge in [-0.1, -0.05) is 61.2 Å². The Bertz CT molecular complexity index is 735. The number of hydrazine groups is 1. The number of aliphatic imine (C=N–C) groups is 1. The van der Waals surface area contributed by atoms with Gasteiger partial charge in [-0.05, 0) is 41.9 Å². The van der Waals surface area contributed by atoms with E-state index < -0.39 is 0 Å². The van der Waals surface area contributed by atoms with Crippen LogP contribution in [0.4, 0.5) is 5.69 Å². The molecule has 0 aromatic heterocycles. The number of nitrogens with two attached hydrogens (primary N) is 1. The second kappa shape index (κ2) is 11.1. The van der Waals surface area contributed by atoms with Crippen molar-refractivity contribution in [3.05, 3.63) is 65.2 Å². The highest BCUT2D eigenvalue weighted by molar-refractivity contribution is 8.38. The molecule has 0 saturated carbocycles. The van der Waals surface area contributed by atoms with Crippen LogP contribution in [0.2, 0.25) is 0 Å². The minimum absolute atomic E-state index is 0.637. The van der Waals surface area contributed by atoms with Gasteiger partial charge in [0.25, 0.3) is 0 Å². The zero-order chi connectivity index (χ0) is 18.8. The molecule has 6 heteroatoms. The first-order valence-corrected chi connectivity index (χ1v) is 10.5. The van der Waals surface area contributed by atoms with Crippen LogP contribution in [0.1, 0.15) is 23.6 Å². The third kappa shape index (κ3) is 6.20. The van der Waals surface area contributed by atoms with Crippen LogP contribution < -0.4 is 10.9 Å². The van der Waals surface area contributed by atoms with Crippen LogP contribution in [-0.2, 0) is 17.0 Å². The van der Waals surface area contributed by atoms with Gasteiger partial charge in [0.2, 0.25) is 6.41 Å². The molecule has 26 heavy (non-hydrogen) atoms. The second-order valence-corrected chi connectivity index (χ2v) is 8.17. The first-order valence-electron chi connectivity index (χ1n) is 8.57. The summed E-state index contributed by atoms with van der Waals surface area (Å²) in [6, 6.07) is 16.2. The molecular formula is C20H25N3OS2. The van der Waals surface area contributed by atoms with Crippen molar-refractivity contribution in [2.45, 2.75) is 26.0 Å². The van der Waals surface area contributed by atoms with Gasteiger partial charge in [0.05, 0.1) is 5.69 Å². The lowest BCUT2D eigenvalue weighted by Gasteiger charge is -2.17. The number of carbonyl (C=O) groups is 1. The molecular weight excluding hydrogens is 362 g/mol. The number of thioether (sulfide) groups is 2. The molecule has 0 aliphatic rings. The maximum absolute atomic E-state index is 11.1. The zero-order valence-corrected chi connectivity index (χ0v) is 16.9. The summed E-state index contributed by atoms with van der Waals surface area (Å²) in [5, 5.41) is 1.14. The van der Waals surface area contributed by atoms with E-state index in [-0.39, 0.29) is 0 Å². The van der Waals surface area contributed by atoms with Crippen molar-refractivity contribution in [2.24, 2.45) is 10.8 Å². The highest BCUT2D eigenvalue weighted by Crippen LogP contribution is 2.29. The molecule has 2 N–H and O–H groups in total. The molecule has 138 valence electrons. The average Bonchev–Trinajstić information content (AvgIpc) is 2.67. The van der Waals surface area contributed by atoms with Crippen molar-refractivity contribution >= 4 is 40.0 Å². The van der Waals surface area contributed by atoms with E-state index >= 15 is 0 Å². The number of rotatable bonds is 8. The Labute approximate surface area is 164 Å². The summed E-state index contributed by atoms with van der Waals surface area (Å²) < 4.78 is 1.08. The van der Waals surface area contributed by atoms with Crippen molar-refractivity contribution in [1.29, 1.82) is 0 Å². The minimum atomic E-state index is 0.637. The van der Waals surface area contributed by atoms with E-state index in [9.17, 15) is 4.79 Å². The number of carbonyl (C=O) groups excluding carboxylic acids is 1. The van der Waals surface area contributed by atoms with E-state index in [2.05, 4.69) is 31.2 Å². The fourth-order valence-electron chi connectivity index (χ4n) is 2.48. The first kappa shape index (κ1) is 20.6. The zero-order valence-electron chi connectivity index (χ0n) is 15.2. The molecule has 4 nitrogen and oxygen atoms in total. The summed E-state index contributed by atoms with van der Waals surface area (Å²) in [6.45, 7) is 4.94. The maximum Gasteiger partial charge on any atom is 0.228 e. The summed E-state index contributed by atoms with van der Waals surface area (Å²) in [6.07, 6.45) is 1.57. The Morgan fingerprint density at radius 1 is 1.15 bits per heavy atom. The summed E-state index contributed by atoms with van der Waals surface area (Å²) in [5.74, 6) is 7.51. The highest BCUT2D eigenvalue weighted by atomic mass is 32.2. The van der Waals surface area contributed by atoms with Gasteiger partial charge in [-0.2, -0.15) is 0 Å². The quantitative estimate of drug-likeness (QED) is 0.182.